The minimum absolute atomic E-state index is 0.203. The minimum atomic E-state index is 0.203. The molecule has 0 spiro atoms. The molecule has 2 aliphatic rings. The Morgan fingerprint density at radius 1 is 1.19 bits per heavy atom. The van der Waals surface area contributed by atoms with Crippen molar-refractivity contribution >= 4 is 0 Å². The average molecular weight is 224 g/mol. The Morgan fingerprint density at radius 3 is 2.44 bits per heavy atom. The summed E-state index contributed by atoms with van der Waals surface area (Å²) in [4.78, 5) is 0. The van der Waals surface area contributed by atoms with Crippen molar-refractivity contribution in [2.75, 3.05) is 13.1 Å². The SMILES string of the molecule is CC(CN)(CC1CCC1)NCCCC1CC1. The smallest absolute Gasteiger partial charge is 0.0278 e. The molecule has 0 heterocycles. The lowest BCUT2D eigenvalue weighted by Crippen LogP contribution is -2.50. The van der Waals surface area contributed by atoms with Gasteiger partial charge in [-0.2, -0.15) is 0 Å². The van der Waals surface area contributed by atoms with E-state index in [1.807, 2.05) is 0 Å². The van der Waals surface area contributed by atoms with E-state index in [1.54, 1.807) is 0 Å². The second-order valence-corrected chi connectivity index (χ2v) is 6.28. The lowest BCUT2D eigenvalue weighted by atomic mass is 9.76. The van der Waals surface area contributed by atoms with Crippen LogP contribution in [0.3, 0.4) is 0 Å². The topological polar surface area (TPSA) is 38.0 Å². The first-order chi connectivity index (χ1) is 7.72. The molecule has 1 unspecified atom stereocenters. The van der Waals surface area contributed by atoms with E-state index < -0.39 is 0 Å². The molecule has 2 nitrogen and oxygen atoms in total. The summed E-state index contributed by atoms with van der Waals surface area (Å²) in [6.45, 7) is 4.26. The van der Waals surface area contributed by atoms with Gasteiger partial charge in [0.15, 0.2) is 0 Å². The zero-order valence-electron chi connectivity index (χ0n) is 10.8. The van der Waals surface area contributed by atoms with Crippen molar-refractivity contribution in [1.29, 1.82) is 0 Å². The average Bonchev–Trinajstić information content (AvgIpc) is 3.03. The third-order valence-electron chi connectivity index (χ3n) is 4.45. The van der Waals surface area contributed by atoms with E-state index in [9.17, 15) is 0 Å². The number of hydrogen-bond donors (Lipinski definition) is 2. The highest BCUT2D eigenvalue weighted by atomic mass is 15.0. The van der Waals surface area contributed by atoms with Gasteiger partial charge in [-0.1, -0.05) is 32.1 Å². The van der Waals surface area contributed by atoms with Crippen LogP contribution < -0.4 is 11.1 Å². The molecule has 94 valence electrons. The number of rotatable bonds is 8. The van der Waals surface area contributed by atoms with Crippen LogP contribution in [0, 0.1) is 11.8 Å². The lowest BCUT2D eigenvalue weighted by Gasteiger charge is -2.37. The molecule has 0 radical (unpaired) electrons. The van der Waals surface area contributed by atoms with Crippen molar-refractivity contribution in [3.8, 4) is 0 Å². The molecule has 0 saturated heterocycles. The molecule has 2 heteroatoms. The predicted octanol–water partition coefficient (Wildman–Crippen LogP) is 2.67. The van der Waals surface area contributed by atoms with E-state index in [-0.39, 0.29) is 5.54 Å². The summed E-state index contributed by atoms with van der Waals surface area (Å²) in [5.74, 6) is 2.02. The van der Waals surface area contributed by atoms with Crippen molar-refractivity contribution in [3.05, 3.63) is 0 Å². The molecule has 0 aromatic heterocycles. The fourth-order valence-electron chi connectivity index (χ4n) is 2.75. The van der Waals surface area contributed by atoms with Crippen LogP contribution in [-0.4, -0.2) is 18.6 Å². The molecular formula is C14H28N2. The Hall–Kier alpha value is -0.0800. The fraction of sp³-hybridized carbons (Fsp3) is 1.00. The van der Waals surface area contributed by atoms with E-state index in [0.29, 0.717) is 0 Å². The number of nitrogens with one attached hydrogen (secondary N) is 1. The summed E-state index contributed by atoms with van der Waals surface area (Å²) in [6, 6.07) is 0. The highest BCUT2D eigenvalue weighted by Crippen LogP contribution is 2.34. The summed E-state index contributed by atoms with van der Waals surface area (Å²) in [5, 5.41) is 3.70. The molecule has 0 aromatic carbocycles. The zero-order valence-corrected chi connectivity index (χ0v) is 10.8. The maximum absolute atomic E-state index is 5.93. The van der Waals surface area contributed by atoms with Crippen molar-refractivity contribution < 1.29 is 0 Å². The van der Waals surface area contributed by atoms with E-state index in [1.165, 1.54) is 51.4 Å². The molecule has 2 aliphatic carbocycles. The second kappa shape index (κ2) is 5.50. The first-order valence-electron chi connectivity index (χ1n) is 7.17. The third-order valence-corrected chi connectivity index (χ3v) is 4.45. The van der Waals surface area contributed by atoms with Crippen LogP contribution in [0.2, 0.25) is 0 Å². The molecule has 2 rings (SSSR count). The van der Waals surface area contributed by atoms with Gasteiger partial charge in [0.25, 0.3) is 0 Å². The summed E-state index contributed by atoms with van der Waals surface area (Å²) < 4.78 is 0. The molecule has 3 N–H and O–H groups in total. The summed E-state index contributed by atoms with van der Waals surface area (Å²) in [5.41, 5.74) is 6.13. The summed E-state index contributed by atoms with van der Waals surface area (Å²) >= 11 is 0. The van der Waals surface area contributed by atoms with Crippen molar-refractivity contribution in [3.63, 3.8) is 0 Å². The lowest BCUT2D eigenvalue weighted by molar-refractivity contribution is 0.207. The Kier molecular flexibility index (Phi) is 4.26. The Balaban J connectivity index is 1.60. The summed E-state index contributed by atoms with van der Waals surface area (Å²) in [7, 11) is 0. The molecule has 0 bridgehead atoms. The van der Waals surface area contributed by atoms with Gasteiger partial charge in [-0.15, -0.1) is 0 Å². The fourth-order valence-corrected chi connectivity index (χ4v) is 2.75. The summed E-state index contributed by atoms with van der Waals surface area (Å²) in [6.07, 6.45) is 11.3. The molecule has 1 atom stereocenters. The van der Waals surface area contributed by atoms with Crippen LogP contribution in [0.15, 0.2) is 0 Å². The molecule has 0 aromatic rings. The minimum Gasteiger partial charge on any atom is -0.329 e. The van der Waals surface area contributed by atoms with Gasteiger partial charge in [-0.05, 0) is 44.6 Å². The third kappa shape index (κ3) is 3.74. The van der Waals surface area contributed by atoms with Crippen LogP contribution in [0.25, 0.3) is 0 Å². The van der Waals surface area contributed by atoms with Gasteiger partial charge in [0.1, 0.15) is 0 Å². The largest absolute Gasteiger partial charge is 0.329 e. The first kappa shape index (κ1) is 12.4. The van der Waals surface area contributed by atoms with Crippen LogP contribution in [0.5, 0.6) is 0 Å². The monoisotopic (exact) mass is 224 g/mol. The van der Waals surface area contributed by atoms with E-state index >= 15 is 0 Å². The Bertz CT molecular complexity index is 209. The van der Waals surface area contributed by atoms with Crippen LogP contribution in [0.4, 0.5) is 0 Å². The second-order valence-electron chi connectivity index (χ2n) is 6.28. The highest BCUT2D eigenvalue weighted by Gasteiger charge is 2.29. The predicted molar refractivity (Wildman–Crippen MR) is 69.4 cm³/mol. The van der Waals surface area contributed by atoms with Gasteiger partial charge < -0.3 is 11.1 Å². The van der Waals surface area contributed by atoms with Crippen LogP contribution in [-0.2, 0) is 0 Å². The van der Waals surface area contributed by atoms with Gasteiger partial charge in [0, 0.05) is 12.1 Å². The van der Waals surface area contributed by atoms with Crippen molar-refractivity contribution in [1.82, 2.24) is 5.32 Å². The molecule has 0 aliphatic heterocycles. The normalized spacial score (nSPS) is 25.1. The zero-order chi connectivity index (χ0) is 11.4. The van der Waals surface area contributed by atoms with Gasteiger partial charge in [-0.3, -0.25) is 0 Å². The molecule has 16 heavy (non-hydrogen) atoms. The Labute approximate surface area is 100 Å². The van der Waals surface area contributed by atoms with Gasteiger partial charge in [0.2, 0.25) is 0 Å². The van der Waals surface area contributed by atoms with Gasteiger partial charge in [-0.25, -0.2) is 0 Å². The molecule has 2 saturated carbocycles. The van der Waals surface area contributed by atoms with Crippen LogP contribution >= 0.6 is 0 Å². The standard InChI is InChI=1S/C14H28N2/c1-14(11-15,10-13-4-2-5-13)16-9-3-6-12-7-8-12/h12-13,16H,2-11,15H2,1H3. The van der Waals surface area contributed by atoms with Crippen molar-refractivity contribution in [2.45, 2.75) is 63.8 Å². The van der Waals surface area contributed by atoms with E-state index in [0.717, 1.165) is 24.9 Å². The number of nitrogens with two attached hydrogens (primary N) is 1. The van der Waals surface area contributed by atoms with E-state index in [2.05, 4.69) is 12.2 Å². The van der Waals surface area contributed by atoms with Crippen molar-refractivity contribution in [2.24, 2.45) is 17.6 Å². The molecule has 0 amide bonds. The quantitative estimate of drug-likeness (QED) is 0.622. The highest BCUT2D eigenvalue weighted by molar-refractivity contribution is 4.89. The van der Waals surface area contributed by atoms with E-state index in [4.69, 9.17) is 5.73 Å². The first-order valence-corrected chi connectivity index (χ1v) is 7.17. The maximum Gasteiger partial charge on any atom is 0.0278 e. The molecule has 2 fully saturated rings. The van der Waals surface area contributed by atoms with Gasteiger partial charge in [0.05, 0.1) is 0 Å². The van der Waals surface area contributed by atoms with Gasteiger partial charge >= 0.3 is 0 Å². The molecular weight excluding hydrogens is 196 g/mol. The Morgan fingerprint density at radius 2 is 1.94 bits per heavy atom. The maximum atomic E-state index is 5.93. The number of hydrogen-bond acceptors (Lipinski definition) is 2. The van der Waals surface area contributed by atoms with Crippen LogP contribution in [0.1, 0.15) is 58.3 Å².